The van der Waals surface area contributed by atoms with E-state index in [2.05, 4.69) is 16.0 Å². The van der Waals surface area contributed by atoms with E-state index >= 15 is 0 Å². The number of aromatic nitrogens is 2. The van der Waals surface area contributed by atoms with Gasteiger partial charge in [0.15, 0.2) is 0 Å². The van der Waals surface area contributed by atoms with Crippen LogP contribution in [-0.4, -0.2) is 21.0 Å². The molecule has 94 valence electrons. The molecule has 2 rings (SSSR count). The van der Waals surface area contributed by atoms with Crippen LogP contribution in [0.2, 0.25) is 0 Å². The lowest BCUT2D eigenvalue weighted by molar-refractivity contribution is -0.136. The Bertz CT molecular complexity index is 578. The van der Waals surface area contributed by atoms with Crippen molar-refractivity contribution in [3.8, 4) is 10.7 Å². The summed E-state index contributed by atoms with van der Waals surface area (Å²) in [6, 6.07) is 2.07. The molecule has 5 heteroatoms. The van der Waals surface area contributed by atoms with Gasteiger partial charge in [0.05, 0.1) is 12.1 Å². The summed E-state index contributed by atoms with van der Waals surface area (Å²) in [7, 11) is 0. The van der Waals surface area contributed by atoms with Gasteiger partial charge in [0.1, 0.15) is 10.7 Å². The molecule has 2 aromatic heterocycles. The third-order valence-electron chi connectivity index (χ3n) is 2.56. The SMILES string of the molecule is Cc1cnc(-c2nc(CCC(=O)O)cs2)c(C)c1. The minimum absolute atomic E-state index is 0.115. The molecule has 0 aliphatic rings. The minimum Gasteiger partial charge on any atom is -0.481 e. The van der Waals surface area contributed by atoms with Crippen LogP contribution in [0.1, 0.15) is 23.2 Å². The first-order valence-corrected chi connectivity index (χ1v) is 6.54. The van der Waals surface area contributed by atoms with Gasteiger partial charge in [0.25, 0.3) is 0 Å². The lowest BCUT2D eigenvalue weighted by atomic mass is 10.2. The van der Waals surface area contributed by atoms with Gasteiger partial charge in [-0.2, -0.15) is 0 Å². The van der Waals surface area contributed by atoms with Crippen molar-refractivity contribution in [1.82, 2.24) is 9.97 Å². The number of nitrogens with zero attached hydrogens (tertiary/aromatic N) is 2. The Balaban J connectivity index is 2.21. The van der Waals surface area contributed by atoms with Gasteiger partial charge in [0, 0.05) is 18.0 Å². The van der Waals surface area contributed by atoms with E-state index in [0.717, 1.165) is 27.5 Å². The van der Waals surface area contributed by atoms with E-state index in [1.54, 1.807) is 0 Å². The van der Waals surface area contributed by atoms with E-state index in [4.69, 9.17) is 5.11 Å². The van der Waals surface area contributed by atoms with Crippen LogP contribution < -0.4 is 0 Å². The molecule has 0 aliphatic carbocycles. The maximum absolute atomic E-state index is 10.5. The van der Waals surface area contributed by atoms with Crippen molar-refractivity contribution in [2.75, 3.05) is 0 Å². The zero-order valence-electron chi connectivity index (χ0n) is 10.3. The maximum atomic E-state index is 10.5. The number of carboxylic acids is 1. The number of rotatable bonds is 4. The highest BCUT2D eigenvalue weighted by Gasteiger charge is 2.09. The fraction of sp³-hybridized carbons (Fsp3) is 0.308. The van der Waals surface area contributed by atoms with E-state index < -0.39 is 5.97 Å². The lowest BCUT2D eigenvalue weighted by Crippen LogP contribution is -1.97. The molecule has 4 nitrogen and oxygen atoms in total. The number of pyridine rings is 1. The molecule has 2 heterocycles. The number of thiazole rings is 1. The number of hydrogen-bond acceptors (Lipinski definition) is 4. The molecule has 0 bridgehead atoms. The van der Waals surface area contributed by atoms with Crippen LogP contribution in [-0.2, 0) is 11.2 Å². The number of aliphatic carboxylic acids is 1. The van der Waals surface area contributed by atoms with Gasteiger partial charge in [0.2, 0.25) is 0 Å². The summed E-state index contributed by atoms with van der Waals surface area (Å²) in [5.41, 5.74) is 3.92. The van der Waals surface area contributed by atoms with E-state index in [-0.39, 0.29) is 6.42 Å². The Hall–Kier alpha value is -1.75. The number of carboxylic acid groups (broad SMARTS) is 1. The smallest absolute Gasteiger partial charge is 0.303 e. The van der Waals surface area contributed by atoms with Crippen LogP contribution in [0.4, 0.5) is 0 Å². The number of carbonyl (C=O) groups is 1. The summed E-state index contributed by atoms with van der Waals surface area (Å²) in [6.07, 6.45) is 2.40. The number of hydrogen-bond donors (Lipinski definition) is 1. The Morgan fingerprint density at radius 1 is 1.44 bits per heavy atom. The Morgan fingerprint density at radius 3 is 2.89 bits per heavy atom. The maximum Gasteiger partial charge on any atom is 0.303 e. The topological polar surface area (TPSA) is 63.1 Å². The predicted octanol–water partition coefficient (Wildman–Crippen LogP) is 2.84. The molecule has 0 unspecified atom stereocenters. The van der Waals surface area contributed by atoms with Crippen molar-refractivity contribution in [3.63, 3.8) is 0 Å². The fourth-order valence-corrected chi connectivity index (χ4v) is 2.62. The van der Waals surface area contributed by atoms with Crippen LogP contribution in [0.25, 0.3) is 10.7 Å². The molecule has 0 spiro atoms. The minimum atomic E-state index is -0.797. The van der Waals surface area contributed by atoms with E-state index in [9.17, 15) is 4.79 Å². The summed E-state index contributed by atoms with van der Waals surface area (Å²) in [5, 5.41) is 11.4. The van der Waals surface area contributed by atoms with Gasteiger partial charge < -0.3 is 5.11 Å². The van der Waals surface area contributed by atoms with Crippen LogP contribution in [0.15, 0.2) is 17.6 Å². The van der Waals surface area contributed by atoms with Crippen LogP contribution >= 0.6 is 11.3 Å². The molecule has 0 aromatic carbocycles. The normalized spacial score (nSPS) is 10.6. The Kier molecular flexibility index (Phi) is 3.72. The summed E-state index contributed by atoms with van der Waals surface area (Å²) < 4.78 is 0. The molecule has 0 amide bonds. The van der Waals surface area contributed by atoms with Crippen LogP contribution in [0.5, 0.6) is 0 Å². The van der Waals surface area contributed by atoms with Crippen molar-refractivity contribution in [2.45, 2.75) is 26.7 Å². The largest absolute Gasteiger partial charge is 0.481 e. The first-order chi connectivity index (χ1) is 8.56. The Labute approximate surface area is 109 Å². The predicted molar refractivity (Wildman–Crippen MR) is 70.8 cm³/mol. The van der Waals surface area contributed by atoms with Crippen LogP contribution in [0, 0.1) is 13.8 Å². The first kappa shape index (κ1) is 12.7. The second-order valence-electron chi connectivity index (χ2n) is 4.22. The third kappa shape index (κ3) is 2.92. The highest BCUT2D eigenvalue weighted by Crippen LogP contribution is 2.25. The zero-order chi connectivity index (χ0) is 13.1. The summed E-state index contributed by atoms with van der Waals surface area (Å²) >= 11 is 1.51. The van der Waals surface area contributed by atoms with Crippen molar-refractivity contribution in [2.24, 2.45) is 0 Å². The molecular weight excluding hydrogens is 248 g/mol. The average molecular weight is 262 g/mol. The van der Waals surface area contributed by atoms with E-state index in [0.29, 0.717) is 6.42 Å². The van der Waals surface area contributed by atoms with E-state index in [1.165, 1.54) is 11.3 Å². The number of aryl methyl sites for hydroxylation is 3. The monoisotopic (exact) mass is 262 g/mol. The van der Waals surface area contributed by atoms with Gasteiger partial charge in [-0.05, 0) is 25.0 Å². The average Bonchev–Trinajstić information content (AvgIpc) is 2.75. The van der Waals surface area contributed by atoms with Gasteiger partial charge in [-0.1, -0.05) is 6.07 Å². The fourth-order valence-electron chi connectivity index (χ4n) is 1.70. The molecule has 0 atom stereocenters. The van der Waals surface area contributed by atoms with E-state index in [1.807, 2.05) is 25.4 Å². The summed E-state index contributed by atoms with van der Waals surface area (Å²) in [4.78, 5) is 19.3. The highest BCUT2D eigenvalue weighted by molar-refractivity contribution is 7.13. The molecule has 0 radical (unpaired) electrons. The molecule has 1 N–H and O–H groups in total. The Morgan fingerprint density at radius 2 is 2.22 bits per heavy atom. The first-order valence-electron chi connectivity index (χ1n) is 5.66. The van der Waals surface area contributed by atoms with Crippen molar-refractivity contribution >= 4 is 17.3 Å². The molecule has 0 fully saturated rings. The van der Waals surface area contributed by atoms with Crippen molar-refractivity contribution in [3.05, 3.63) is 34.5 Å². The summed E-state index contributed by atoms with van der Waals surface area (Å²) in [6.45, 7) is 4.01. The standard InChI is InChI=1S/C13H14N2O2S/c1-8-5-9(2)12(14-6-8)13-15-10(7-18-13)3-4-11(16)17/h5-7H,3-4H2,1-2H3,(H,16,17). The van der Waals surface area contributed by atoms with Gasteiger partial charge in [-0.15, -0.1) is 11.3 Å². The molecule has 0 saturated heterocycles. The third-order valence-corrected chi connectivity index (χ3v) is 3.46. The van der Waals surface area contributed by atoms with Gasteiger partial charge in [-0.3, -0.25) is 9.78 Å². The van der Waals surface area contributed by atoms with Gasteiger partial charge >= 0.3 is 5.97 Å². The quantitative estimate of drug-likeness (QED) is 0.920. The molecule has 18 heavy (non-hydrogen) atoms. The van der Waals surface area contributed by atoms with Crippen molar-refractivity contribution in [1.29, 1.82) is 0 Å². The lowest BCUT2D eigenvalue weighted by Gasteiger charge is -2.01. The summed E-state index contributed by atoms with van der Waals surface area (Å²) in [5.74, 6) is -0.797. The van der Waals surface area contributed by atoms with Crippen molar-refractivity contribution < 1.29 is 9.90 Å². The zero-order valence-corrected chi connectivity index (χ0v) is 11.1. The molecule has 0 aliphatic heterocycles. The van der Waals surface area contributed by atoms with Crippen LogP contribution in [0.3, 0.4) is 0 Å². The molecular formula is C13H14N2O2S. The molecule has 0 saturated carbocycles. The second kappa shape index (κ2) is 5.27. The molecule has 2 aromatic rings. The highest BCUT2D eigenvalue weighted by atomic mass is 32.1. The second-order valence-corrected chi connectivity index (χ2v) is 5.07. The van der Waals surface area contributed by atoms with Gasteiger partial charge in [-0.25, -0.2) is 4.98 Å².